The molecule has 0 unspecified atom stereocenters. The number of furan rings is 1. The highest BCUT2D eigenvalue weighted by molar-refractivity contribution is 9.10. The summed E-state index contributed by atoms with van der Waals surface area (Å²) in [6, 6.07) is 14.4. The summed E-state index contributed by atoms with van der Waals surface area (Å²) in [5, 5.41) is 13.8. The number of anilines is 2. The van der Waals surface area contributed by atoms with Gasteiger partial charge in [0.1, 0.15) is 11.6 Å². The molecule has 0 spiro atoms. The Labute approximate surface area is 141 Å². The summed E-state index contributed by atoms with van der Waals surface area (Å²) >= 11 is 3.38. The number of benzene rings is 1. The van der Waals surface area contributed by atoms with Crippen LogP contribution < -0.4 is 10.6 Å². The van der Waals surface area contributed by atoms with E-state index >= 15 is 0 Å². The first-order chi connectivity index (χ1) is 11.2. The highest BCUT2D eigenvalue weighted by Gasteiger charge is 2.10. The van der Waals surface area contributed by atoms with Gasteiger partial charge in [0.15, 0.2) is 5.69 Å². The number of para-hydroxylation sites is 1. The Balaban J connectivity index is 1.62. The molecular formula is C16H13BrN4O2. The number of nitrogens with zero attached hydrogens (tertiary/aromatic N) is 2. The molecule has 116 valence electrons. The van der Waals surface area contributed by atoms with E-state index in [-0.39, 0.29) is 11.6 Å². The molecule has 1 amide bonds. The first-order valence-corrected chi connectivity index (χ1v) is 7.67. The average Bonchev–Trinajstić information content (AvgIpc) is 3.09. The number of carbonyl (C=O) groups is 1. The quantitative estimate of drug-likeness (QED) is 0.713. The highest BCUT2D eigenvalue weighted by atomic mass is 79.9. The van der Waals surface area contributed by atoms with Crippen LogP contribution >= 0.6 is 15.9 Å². The molecule has 0 saturated carbocycles. The zero-order valence-corrected chi connectivity index (χ0v) is 13.6. The molecule has 0 bridgehead atoms. The summed E-state index contributed by atoms with van der Waals surface area (Å²) in [7, 11) is 0. The van der Waals surface area contributed by atoms with E-state index in [4.69, 9.17) is 4.42 Å². The Hall–Kier alpha value is -2.67. The van der Waals surface area contributed by atoms with Crippen LogP contribution in [0, 0.1) is 0 Å². The van der Waals surface area contributed by atoms with Crippen LogP contribution in [0.1, 0.15) is 16.2 Å². The lowest BCUT2D eigenvalue weighted by Crippen LogP contribution is -2.15. The molecule has 0 radical (unpaired) electrons. The van der Waals surface area contributed by atoms with E-state index in [0.29, 0.717) is 18.1 Å². The Bertz CT molecular complexity index is 788. The Kier molecular flexibility index (Phi) is 4.68. The standard InChI is InChI=1S/C16H13BrN4O2/c17-12-5-1-2-6-13(12)19-16(22)14-7-8-15(21-20-14)18-10-11-4-3-9-23-11/h1-9H,10H2,(H,18,21)(H,19,22). The monoisotopic (exact) mass is 372 g/mol. The van der Waals surface area contributed by atoms with Crippen molar-refractivity contribution in [3.05, 3.63) is 70.7 Å². The summed E-state index contributed by atoms with van der Waals surface area (Å²) in [5.74, 6) is 1.04. The van der Waals surface area contributed by atoms with Crippen molar-refractivity contribution in [2.45, 2.75) is 6.54 Å². The summed E-state index contributed by atoms with van der Waals surface area (Å²) in [4.78, 5) is 12.2. The fourth-order valence-electron chi connectivity index (χ4n) is 1.89. The molecule has 0 atom stereocenters. The zero-order chi connectivity index (χ0) is 16.1. The van der Waals surface area contributed by atoms with Crippen LogP contribution in [0.25, 0.3) is 0 Å². The van der Waals surface area contributed by atoms with Gasteiger partial charge in [-0.2, -0.15) is 0 Å². The maximum absolute atomic E-state index is 12.2. The van der Waals surface area contributed by atoms with Crippen LogP contribution in [0.15, 0.2) is 63.7 Å². The SMILES string of the molecule is O=C(Nc1ccccc1Br)c1ccc(NCc2ccco2)nn1. The van der Waals surface area contributed by atoms with Crippen LogP contribution in [0.2, 0.25) is 0 Å². The van der Waals surface area contributed by atoms with Crippen LogP contribution in [-0.2, 0) is 6.54 Å². The third-order valence-electron chi connectivity index (χ3n) is 3.04. The molecule has 0 aliphatic carbocycles. The van der Waals surface area contributed by atoms with E-state index < -0.39 is 0 Å². The van der Waals surface area contributed by atoms with Crippen molar-refractivity contribution >= 4 is 33.3 Å². The number of hydrogen-bond acceptors (Lipinski definition) is 5. The van der Waals surface area contributed by atoms with E-state index in [0.717, 1.165) is 10.2 Å². The molecule has 0 saturated heterocycles. The predicted molar refractivity (Wildman–Crippen MR) is 90.2 cm³/mol. The van der Waals surface area contributed by atoms with Crippen molar-refractivity contribution in [3.8, 4) is 0 Å². The topological polar surface area (TPSA) is 80.0 Å². The molecule has 3 rings (SSSR count). The largest absolute Gasteiger partial charge is 0.467 e. The fourth-order valence-corrected chi connectivity index (χ4v) is 2.27. The number of rotatable bonds is 5. The second-order valence-electron chi connectivity index (χ2n) is 4.67. The molecule has 3 aromatic rings. The lowest BCUT2D eigenvalue weighted by Gasteiger charge is -2.07. The van der Waals surface area contributed by atoms with Crippen LogP contribution in [0.3, 0.4) is 0 Å². The van der Waals surface area contributed by atoms with Gasteiger partial charge in [0.25, 0.3) is 5.91 Å². The third kappa shape index (κ3) is 3.95. The molecule has 2 heterocycles. The highest BCUT2D eigenvalue weighted by Crippen LogP contribution is 2.21. The molecule has 2 aromatic heterocycles. The fraction of sp³-hybridized carbons (Fsp3) is 0.0625. The minimum Gasteiger partial charge on any atom is -0.467 e. The molecule has 0 fully saturated rings. The Morgan fingerprint density at radius 2 is 1.96 bits per heavy atom. The van der Waals surface area contributed by atoms with E-state index in [1.54, 1.807) is 24.5 Å². The molecule has 7 heteroatoms. The second-order valence-corrected chi connectivity index (χ2v) is 5.53. The number of halogens is 1. The van der Waals surface area contributed by atoms with Crippen molar-refractivity contribution < 1.29 is 9.21 Å². The number of aromatic nitrogens is 2. The van der Waals surface area contributed by atoms with Crippen molar-refractivity contribution in [2.24, 2.45) is 0 Å². The molecule has 1 aromatic carbocycles. The summed E-state index contributed by atoms with van der Waals surface area (Å²) in [6.45, 7) is 0.504. The summed E-state index contributed by atoms with van der Waals surface area (Å²) in [6.07, 6.45) is 1.61. The second kappa shape index (κ2) is 7.06. The molecular weight excluding hydrogens is 360 g/mol. The van der Waals surface area contributed by atoms with Gasteiger partial charge < -0.3 is 15.1 Å². The molecule has 0 aliphatic heterocycles. The van der Waals surface area contributed by atoms with E-state index in [1.807, 2.05) is 30.3 Å². The third-order valence-corrected chi connectivity index (χ3v) is 3.73. The maximum atomic E-state index is 12.2. The molecule has 0 aliphatic rings. The van der Waals surface area contributed by atoms with E-state index in [2.05, 4.69) is 36.8 Å². The smallest absolute Gasteiger partial charge is 0.276 e. The van der Waals surface area contributed by atoms with Crippen molar-refractivity contribution in [3.63, 3.8) is 0 Å². The van der Waals surface area contributed by atoms with Crippen molar-refractivity contribution in [2.75, 3.05) is 10.6 Å². The van der Waals surface area contributed by atoms with Gasteiger partial charge in [-0.3, -0.25) is 4.79 Å². The van der Waals surface area contributed by atoms with E-state index in [1.165, 1.54) is 0 Å². The minimum atomic E-state index is -0.318. The van der Waals surface area contributed by atoms with Gasteiger partial charge in [-0.15, -0.1) is 10.2 Å². The number of nitrogens with one attached hydrogen (secondary N) is 2. The van der Waals surface area contributed by atoms with Crippen LogP contribution in [0.5, 0.6) is 0 Å². The van der Waals surface area contributed by atoms with Gasteiger partial charge in [0.05, 0.1) is 18.5 Å². The first kappa shape index (κ1) is 15.2. The summed E-state index contributed by atoms with van der Waals surface area (Å²) < 4.78 is 6.02. The van der Waals surface area contributed by atoms with Crippen LogP contribution in [0.4, 0.5) is 11.5 Å². The van der Waals surface area contributed by atoms with Crippen molar-refractivity contribution in [1.82, 2.24) is 10.2 Å². The number of carbonyl (C=O) groups excluding carboxylic acids is 1. The number of amides is 1. The molecule has 23 heavy (non-hydrogen) atoms. The average molecular weight is 373 g/mol. The lowest BCUT2D eigenvalue weighted by molar-refractivity contribution is 0.102. The van der Waals surface area contributed by atoms with E-state index in [9.17, 15) is 4.79 Å². The van der Waals surface area contributed by atoms with Gasteiger partial charge in [0.2, 0.25) is 0 Å². The van der Waals surface area contributed by atoms with Crippen LogP contribution in [-0.4, -0.2) is 16.1 Å². The van der Waals surface area contributed by atoms with Crippen molar-refractivity contribution in [1.29, 1.82) is 0 Å². The Morgan fingerprint density at radius 1 is 1.09 bits per heavy atom. The van der Waals surface area contributed by atoms with Gasteiger partial charge in [-0.05, 0) is 52.3 Å². The first-order valence-electron chi connectivity index (χ1n) is 6.88. The Morgan fingerprint density at radius 3 is 2.65 bits per heavy atom. The lowest BCUT2D eigenvalue weighted by atomic mass is 10.3. The van der Waals surface area contributed by atoms with Gasteiger partial charge in [-0.1, -0.05) is 12.1 Å². The summed E-state index contributed by atoms with van der Waals surface area (Å²) in [5.41, 5.74) is 0.920. The normalized spacial score (nSPS) is 10.3. The maximum Gasteiger partial charge on any atom is 0.276 e. The number of hydrogen-bond donors (Lipinski definition) is 2. The minimum absolute atomic E-state index is 0.240. The van der Waals surface area contributed by atoms with Gasteiger partial charge in [0, 0.05) is 4.47 Å². The predicted octanol–water partition coefficient (Wildman–Crippen LogP) is 3.70. The molecule has 2 N–H and O–H groups in total. The van der Waals surface area contributed by atoms with Gasteiger partial charge in [-0.25, -0.2) is 0 Å². The molecule has 6 nitrogen and oxygen atoms in total. The van der Waals surface area contributed by atoms with Gasteiger partial charge >= 0.3 is 0 Å². The zero-order valence-electron chi connectivity index (χ0n) is 12.0.